The van der Waals surface area contributed by atoms with Crippen LogP contribution in [0.1, 0.15) is 31.2 Å². The summed E-state index contributed by atoms with van der Waals surface area (Å²) >= 11 is 0. The first-order valence-electron chi connectivity index (χ1n) is 6.60. The highest BCUT2D eigenvalue weighted by Crippen LogP contribution is 2.02. The van der Waals surface area contributed by atoms with E-state index in [0.29, 0.717) is 25.8 Å². The molecule has 0 spiro atoms. The Hall–Kier alpha value is -1.84. The second-order valence-electron chi connectivity index (χ2n) is 4.37. The standard InChI is InChI=1S/C15H21NO3/c1-19-15(18)11-5-10-14(17)16-12-6-9-13-7-3-2-4-8-13/h2-4,7-8H,5-6,9-12H2,1H3,(H,16,17). The van der Waals surface area contributed by atoms with Gasteiger partial charge in [-0.25, -0.2) is 0 Å². The molecular formula is C15H21NO3. The molecule has 4 nitrogen and oxygen atoms in total. The third kappa shape index (κ3) is 7.24. The second kappa shape index (κ2) is 9.14. The highest BCUT2D eigenvalue weighted by atomic mass is 16.5. The summed E-state index contributed by atoms with van der Waals surface area (Å²) in [5.74, 6) is -0.270. The van der Waals surface area contributed by atoms with Crippen LogP contribution in [0, 0.1) is 0 Å². The van der Waals surface area contributed by atoms with E-state index >= 15 is 0 Å². The monoisotopic (exact) mass is 263 g/mol. The number of nitrogens with one attached hydrogen (secondary N) is 1. The van der Waals surface area contributed by atoms with E-state index in [1.165, 1.54) is 12.7 Å². The number of carbonyl (C=O) groups excluding carboxylic acids is 2. The van der Waals surface area contributed by atoms with Gasteiger partial charge in [-0.15, -0.1) is 0 Å². The molecule has 0 radical (unpaired) electrons. The molecule has 1 N–H and O–H groups in total. The summed E-state index contributed by atoms with van der Waals surface area (Å²) in [5.41, 5.74) is 1.28. The maximum Gasteiger partial charge on any atom is 0.305 e. The van der Waals surface area contributed by atoms with Gasteiger partial charge in [0.2, 0.25) is 5.91 Å². The van der Waals surface area contributed by atoms with E-state index in [-0.39, 0.29) is 11.9 Å². The zero-order valence-electron chi connectivity index (χ0n) is 11.4. The molecule has 0 unspecified atom stereocenters. The number of benzene rings is 1. The minimum atomic E-state index is -0.267. The third-order valence-corrected chi connectivity index (χ3v) is 2.82. The Balaban J connectivity index is 2.03. The van der Waals surface area contributed by atoms with Crippen LogP contribution >= 0.6 is 0 Å². The van der Waals surface area contributed by atoms with Crippen LogP contribution in [-0.4, -0.2) is 25.5 Å². The van der Waals surface area contributed by atoms with Crippen LogP contribution in [0.3, 0.4) is 0 Å². The molecule has 0 atom stereocenters. The van der Waals surface area contributed by atoms with Gasteiger partial charge in [-0.1, -0.05) is 30.3 Å². The van der Waals surface area contributed by atoms with E-state index < -0.39 is 0 Å². The van der Waals surface area contributed by atoms with Crippen molar-refractivity contribution in [3.8, 4) is 0 Å². The molecule has 1 aromatic rings. The summed E-state index contributed by atoms with van der Waals surface area (Å²) in [5, 5.41) is 2.85. The van der Waals surface area contributed by atoms with Gasteiger partial charge in [0.1, 0.15) is 0 Å². The van der Waals surface area contributed by atoms with Crippen molar-refractivity contribution in [1.29, 1.82) is 0 Å². The van der Waals surface area contributed by atoms with E-state index in [1.54, 1.807) is 0 Å². The largest absolute Gasteiger partial charge is 0.469 e. The normalized spacial score (nSPS) is 9.95. The Morgan fingerprint density at radius 2 is 1.84 bits per heavy atom. The Bertz CT molecular complexity index is 390. The van der Waals surface area contributed by atoms with Crippen molar-refractivity contribution in [2.24, 2.45) is 0 Å². The molecule has 1 aromatic carbocycles. The molecule has 1 rings (SSSR count). The van der Waals surface area contributed by atoms with E-state index in [0.717, 1.165) is 12.8 Å². The fourth-order valence-electron chi connectivity index (χ4n) is 1.75. The molecule has 4 heteroatoms. The molecule has 19 heavy (non-hydrogen) atoms. The second-order valence-corrected chi connectivity index (χ2v) is 4.37. The summed E-state index contributed by atoms with van der Waals surface area (Å²) in [6.07, 6.45) is 3.10. The van der Waals surface area contributed by atoms with E-state index in [2.05, 4.69) is 22.2 Å². The number of ether oxygens (including phenoxy) is 1. The lowest BCUT2D eigenvalue weighted by Crippen LogP contribution is -2.24. The fraction of sp³-hybridized carbons (Fsp3) is 0.467. The molecule has 104 valence electrons. The fourth-order valence-corrected chi connectivity index (χ4v) is 1.75. The average Bonchev–Trinajstić information content (AvgIpc) is 2.44. The molecule has 0 fully saturated rings. The molecule has 0 saturated heterocycles. The third-order valence-electron chi connectivity index (χ3n) is 2.82. The number of hydrogen-bond donors (Lipinski definition) is 1. The first-order chi connectivity index (χ1) is 9.22. The molecule has 0 aliphatic carbocycles. The first-order valence-corrected chi connectivity index (χ1v) is 6.60. The summed E-state index contributed by atoms with van der Waals surface area (Å²) < 4.78 is 4.51. The van der Waals surface area contributed by atoms with Gasteiger partial charge in [-0.05, 0) is 24.8 Å². The first kappa shape index (κ1) is 15.2. The van der Waals surface area contributed by atoms with Crippen molar-refractivity contribution in [2.75, 3.05) is 13.7 Å². The smallest absolute Gasteiger partial charge is 0.305 e. The molecule has 0 heterocycles. The zero-order valence-corrected chi connectivity index (χ0v) is 11.4. The summed E-state index contributed by atoms with van der Waals surface area (Å²) in [4.78, 5) is 22.3. The number of carbonyl (C=O) groups is 2. The van der Waals surface area contributed by atoms with Crippen molar-refractivity contribution in [3.05, 3.63) is 35.9 Å². The quantitative estimate of drug-likeness (QED) is 0.577. The average molecular weight is 263 g/mol. The summed E-state index contributed by atoms with van der Waals surface area (Å²) in [6.45, 7) is 0.673. The van der Waals surface area contributed by atoms with Crippen LogP contribution in [0.25, 0.3) is 0 Å². The van der Waals surface area contributed by atoms with Crippen LogP contribution in [-0.2, 0) is 20.7 Å². The van der Waals surface area contributed by atoms with Crippen molar-refractivity contribution >= 4 is 11.9 Å². The van der Waals surface area contributed by atoms with Gasteiger partial charge < -0.3 is 10.1 Å². The topological polar surface area (TPSA) is 55.4 Å². The van der Waals surface area contributed by atoms with E-state index in [4.69, 9.17) is 0 Å². The molecule has 0 aromatic heterocycles. The lowest BCUT2D eigenvalue weighted by atomic mass is 10.1. The van der Waals surface area contributed by atoms with Gasteiger partial charge >= 0.3 is 5.97 Å². The maximum absolute atomic E-state index is 11.5. The highest BCUT2D eigenvalue weighted by Gasteiger charge is 2.04. The van der Waals surface area contributed by atoms with Crippen LogP contribution in [0.4, 0.5) is 0 Å². The van der Waals surface area contributed by atoms with Crippen LogP contribution in [0.2, 0.25) is 0 Å². The van der Waals surface area contributed by atoms with Crippen molar-refractivity contribution in [1.82, 2.24) is 5.32 Å². The van der Waals surface area contributed by atoms with Gasteiger partial charge in [-0.2, -0.15) is 0 Å². The predicted molar refractivity (Wildman–Crippen MR) is 73.6 cm³/mol. The van der Waals surface area contributed by atoms with Crippen LogP contribution in [0.5, 0.6) is 0 Å². The predicted octanol–water partition coefficient (Wildman–Crippen LogP) is 2.08. The number of methoxy groups -OCH3 is 1. The molecule has 0 saturated carbocycles. The van der Waals surface area contributed by atoms with Crippen LogP contribution in [0.15, 0.2) is 30.3 Å². The Morgan fingerprint density at radius 3 is 2.53 bits per heavy atom. The van der Waals surface area contributed by atoms with Crippen molar-refractivity contribution in [3.63, 3.8) is 0 Å². The van der Waals surface area contributed by atoms with Gasteiger partial charge in [0, 0.05) is 19.4 Å². The van der Waals surface area contributed by atoms with Gasteiger partial charge in [-0.3, -0.25) is 9.59 Å². The number of amides is 1. The number of esters is 1. The number of aryl methyl sites for hydroxylation is 1. The maximum atomic E-state index is 11.5. The summed E-state index contributed by atoms with van der Waals surface area (Å²) in [6, 6.07) is 10.2. The zero-order chi connectivity index (χ0) is 13.9. The number of hydrogen-bond acceptors (Lipinski definition) is 3. The molecule has 0 aliphatic rings. The lowest BCUT2D eigenvalue weighted by Gasteiger charge is -2.05. The van der Waals surface area contributed by atoms with E-state index in [1.807, 2.05) is 18.2 Å². The van der Waals surface area contributed by atoms with Gasteiger partial charge in [0.15, 0.2) is 0 Å². The molecule has 0 bridgehead atoms. The molecule has 1 amide bonds. The van der Waals surface area contributed by atoms with Gasteiger partial charge in [0.25, 0.3) is 0 Å². The van der Waals surface area contributed by atoms with Gasteiger partial charge in [0.05, 0.1) is 7.11 Å². The van der Waals surface area contributed by atoms with E-state index in [9.17, 15) is 9.59 Å². The Morgan fingerprint density at radius 1 is 1.11 bits per heavy atom. The van der Waals surface area contributed by atoms with Crippen LogP contribution < -0.4 is 5.32 Å². The molecule has 0 aliphatic heterocycles. The Labute approximate surface area is 114 Å². The van der Waals surface area contributed by atoms with Crippen molar-refractivity contribution in [2.45, 2.75) is 32.1 Å². The highest BCUT2D eigenvalue weighted by molar-refractivity contribution is 5.76. The lowest BCUT2D eigenvalue weighted by molar-refractivity contribution is -0.140. The molecular weight excluding hydrogens is 242 g/mol. The summed E-state index contributed by atoms with van der Waals surface area (Å²) in [7, 11) is 1.35. The Kier molecular flexibility index (Phi) is 7.32. The van der Waals surface area contributed by atoms with Crippen molar-refractivity contribution < 1.29 is 14.3 Å². The number of rotatable bonds is 8. The SMILES string of the molecule is COC(=O)CCCC(=O)NCCCc1ccccc1. The minimum absolute atomic E-state index is 0.00281. The minimum Gasteiger partial charge on any atom is -0.469 e.